The minimum absolute atomic E-state index is 0.226. The number of ether oxygens (including phenoxy) is 6. The molecule has 0 aromatic heterocycles. The van der Waals surface area contributed by atoms with Crippen LogP contribution >= 0.6 is 0 Å². The van der Waals surface area contributed by atoms with Gasteiger partial charge in [0.25, 0.3) is 0 Å². The predicted molar refractivity (Wildman–Crippen MR) is 161 cm³/mol. The molecule has 0 saturated heterocycles. The normalized spacial score (nSPS) is 10.3. The average molecular weight is 589 g/mol. The van der Waals surface area contributed by atoms with Crippen LogP contribution in [0.15, 0.2) is 92.0 Å². The maximum atomic E-state index is 12.8. The molecule has 0 unspecified atom stereocenters. The fourth-order valence-electron chi connectivity index (χ4n) is 3.69. The first-order chi connectivity index (χ1) is 20.9. The number of rotatable bonds is 18. The standard InChI is InChI=1S/C34H36O9/c1-4-19-38-20-7-21-39-28-13-9-26(10-14-28)33(36)42-30-17-18-31(25(5-2)24-30)43-34(37)27-11-15-29(16-12-27)40-22-8-23-41-32(35)6-3/h4,6,9-18,24H,1,3,5,7-8,19-23H2,2H3. The van der Waals surface area contributed by atoms with Gasteiger partial charge in [-0.05, 0) is 78.7 Å². The second-order valence-electron chi connectivity index (χ2n) is 9.09. The molecule has 0 radical (unpaired) electrons. The molecule has 0 atom stereocenters. The van der Waals surface area contributed by atoms with Crippen molar-refractivity contribution in [3.8, 4) is 23.0 Å². The zero-order valence-electron chi connectivity index (χ0n) is 24.3. The third-order valence-corrected chi connectivity index (χ3v) is 5.91. The van der Waals surface area contributed by atoms with E-state index in [9.17, 15) is 14.4 Å². The smallest absolute Gasteiger partial charge is 0.343 e. The first-order valence-electron chi connectivity index (χ1n) is 13.9. The van der Waals surface area contributed by atoms with E-state index in [1.807, 2.05) is 6.92 Å². The van der Waals surface area contributed by atoms with Crippen LogP contribution in [0, 0.1) is 0 Å². The number of hydrogen-bond donors (Lipinski definition) is 0. The molecule has 226 valence electrons. The van der Waals surface area contributed by atoms with Crippen LogP contribution in [0.1, 0.15) is 46.0 Å². The van der Waals surface area contributed by atoms with Crippen LogP contribution in [0.25, 0.3) is 0 Å². The Morgan fingerprint density at radius 2 is 1.26 bits per heavy atom. The minimum atomic E-state index is -0.533. The maximum Gasteiger partial charge on any atom is 0.343 e. The molecule has 9 nitrogen and oxygen atoms in total. The van der Waals surface area contributed by atoms with Crippen LogP contribution < -0.4 is 18.9 Å². The van der Waals surface area contributed by atoms with Crippen molar-refractivity contribution in [2.45, 2.75) is 26.2 Å². The number of carbonyl (C=O) groups excluding carboxylic acids is 3. The lowest BCUT2D eigenvalue weighted by Crippen LogP contribution is -2.11. The van der Waals surface area contributed by atoms with Gasteiger partial charge in [-0.2, -0.15) is 0 Å². The van der Waals surface area contributed by atoms with E-state index in [0.717, 1.165) is 12.5 Å². The van der Waals surface area contributed by atoms with Gasteiger partial charge in [0.2, 0.25) is 0 Å². The Bertz CT molecular complexity index is 1360. The Kier molecular flexibility index (Phi) is 13.5. The lowest BCUT2D eigenvalue weighted by molar-refractivity contribution is -0.137. The highest BCUT2D eigenvalue weighted by molar-refractivity contribution is 5.92. The SMILES string of the molecule is C=CCOCCCOc1ccc(C(=O)Oc2ccc(OC(=O)c3ccc(OCCCOC(=O)C=C)cc3)c(CC)c2)cc1. The van der Waals surface area contributed by atoms with Gasteiger partial charge in [-0.15, -0.1) is 6.58 Å². The van der Waals surface area contributed by atoms with Crippen molar-refractivity contribution in [3.05, 3.63) is 109 Å². The summed E-state index contributed by atoms with van der Waals surface area (Å²) in [5.74, 6) is 0.394. The van der Waals surface area contributed by atoms with Crippen LogP contribution in [-0.2, 0) is 20.7 Å². The summed E-state index contributed by atoms with van der Waals surface area (Å²) < 4.78 is 32.7. The Balaban J connectivity index is 1.49. The van der Waals surface area contributed by atoms with Gasteiger partial charge in [-0.25, -0.2) is 14.4 Å². The lowest BCUT2D eigenvalue weighted by Gasteiger charge is -2.12. The quantitative estimate of drug-likeness (QED) is 0.0568. The van der Waals surface area contributed by atoms with E-state index < -0.39 is 17.9 Å². The molecule has 0 bridgehead atoms. The van der Waals surface area contributed by atoms with E-state index in [0.29, 0.717) is 79.0 Å². The molecule has 0 spiro atoms. The number of carbonyl (C=O) groups is 3. The Morgan fingerprint density at radius 1 is 0.698 bits per heavy atom. The van der Waals surface area contributed by atoms with Gasteiger partial charge < -0.3 is 28.4 Å². The third-order valence-electron chi connectivity index (χ3n) is 5.91. The minimum Gasteiger partial charge on any atom is -0.494 e. The van der Waals surface area contributed by atoms with Crippen molar-refractivity contribution in [2.75, 3.05) is 33.0 Å². The lowest BCUT2D eigenvalue weighted by atomic mass is 10.1. The van der Waals surface area contributed by atoms with Crippen molar-refractivity contribution in [3.63, 3.8) is 0 Å². The molecule has 0 fully saturated rings. The van der Waals surface area contributed by atoms with E-state index >= 15 is 0 Å². The van der Waals surface area contributed by atoms with Crippen LogP contribution in [0.4, 0.5) is 0 Å². The third kappa shape index (κ3) is 11.1. The summed E-state index contributed by atoms with van der Waals surface area (Å²) in [6.45, 7) is 11.0. The van der Waals surface area contributed by atoms with Crippen LogP contribution in [-0.4, -0.2) is 50.9 Å². The van der Waals surface area contributed by atoms with Gasteiger partial charge in [0, 0.05) is 18.9 Å². The summed E-state index contributed by atoms with van der Waals surface area (Å²) in [7, 11) is 0. The highest BCUT2D eigenvalue weighted by Crippen LogP contribution is 2.27. The summed E-state index contributed by atoms with van der Waals surface area (Å²) in [5.41, 5.74) is 1.42. The Hall–Kier alpha value is -4.89. The van der Waals surface area contributed by atoms with Gasteiger partial charge >= 0.3 is 17.9 Å². The Morgan fingerprint density at radius 3 is 1.81 bits per heavy atom. The summed E-state index contributed by atoms with van der Waals surface area (Å²) >= 11 is 0. The van der Waals surface area contributed by atoms with Crippen LogP contribution in [0.5, 0.6) is 23.0 Å². The molecule has 0 heterocycles. The molecule has 3 rings (SSSR count). The molecule has 0 saturated carbocycles. The zero-order valence-corrected chi connectivity index (χ0v) is 24.3. The van der Waals surface area contributed by atoms with E-state index in [4.69, 9.17) is 28.4 Å². The van der Waals surface area contributed by atoms with Gasteiger partial charge in [0.1, 0.15) is 23.0 Å². The highest BCUT2D eigenvalue weighted by Gasteiger charge is 2.15. The molecule has 0 aliphatic rings. The molecule has 0 amide bonds. The second kappa shape index (κ2) is 17.8. The Labute approximate surface area is 251 Å². The van der Waals surface area contributed by atoms with E-state index in [1.54, 1.807) is 72.8 Å². The van der Waals surface area contributed by atoms with E-state index in [-0.39, 0.29) is 6.61 Å². The fraction of sp³-hybridized carbons (Fsp3) is 0.265. The molecule has 0 aliphatic carbocycles. The van der Waals surface area contributed by atoms with Crippen LogP contribution in [0.2, 0.25) is 0 Å². The summed E-state index contributed by atoms with van der Waals surface area (Å²) in [6.07, 6.45) is 4.61. The van der Waals surface area contributed by atoms with Crippen molar-refractivity contribution in [2.24, 2.45) is 0 Å². The topological polar surface area (TPSA) is 107 Å². The van der Waals surface area contributed by atoms with Gasteiger partial charge in [-0.3, -0.25) is 0 Å². The average Bonchev–Trinajstić information content (AvgIpc) is 3.03. The van der Waals surface area contributed by atoms with E-state index in [1.165, 1.54) is 0 Å². The number of aryl methyl sites for hydroxylation is 1. The number of benzene rings is 3. The molecule has 9 heteroatoms. The van der Waals surface area contributed by atoms with Crippen molar-refractivity contribution in [1.29, 1.82) is 0 Å². The van der Waals surface area contributed by atoms with Gasteiger partial charge in [0.05, 0.1) is 44.2 Å². The summed E-state index contributed by atoms with van der Waals surface area (Å²) in [4.78, 5) is 36.5. The summed E-state index contributed by atoms with van der Waals surface area (Å²) in [6, 6.07) is 18.1. The predicted octanol–water partition coefficient (Wildman–Crippen LogP) is 6.16. The second-order valence-corrected chi connectivity index (χ2v) is 9.09. The molecular weight excluding hydrogens is 552 g/mol. The number of hydrogen-bond acceptors (Lipinski definition) is 9. The molecular formula is C34H36O9. The number of esters is 3. The van der Waals surface area contributed by atoms with Crippen LogP contribution in [0.3, 0.4) is 0 Å². The van der Waals surface area contributed by atoms with Crippen molar-refractivity contribution in [1.82, 2.24) is 0 Å². The summed E-state index contributed by atoms with van der Waals surface area (Å²) in [5, 5.41) is 0. The first-order valence-corrected chi connectivity index (χ1v) is 13.9. The van der Waals surface area contributed by atoms with Crippen molar-refractivity contribution < 1.29 is 42.8 Å². The monoisotopic (exact) mass is 588 g/mol. The highest BCUT2D eigenvalue weighted by atomic mass is 16.5. The first kappa shape index (κ1) is 32.6. The zero-order chi connectivity index (χ0) is 30.9. The molecule has 0 aliphatic heterocycles. The molecule has 3 aromatic rings. The van der Waals surface area contributed by atoms with Gasteiger partial charge in [-0.1, -0.05) is 19.6 Å². The largest absolute Gasteiger partial charge is 0.494 e. The van der Waals surface area contributed by atoms with Crippen molar-refractivity contribution >= 4 is 17.9 Å². The molecule has 3 aromatic carbocycles. The van der Waals surface area contributed by atoms with Gasteiger partial charge in [0.15, 0.2) is 0 Å². The molecule has 43 heavy (non-hydrogen) atoms. The molecule has 0 N–H and O–H groups in total. The fourth-order valence-corrected chi connectivity index (χ4v) is 3.69. The van der Waals surface area contributed by atoms with E-state index in [2.05, 4.69) is 13.2 Å². The maximum absolute atomic E-state index is 12.8.